The largest absolute Gasteiger partial charge is 0.495 e. The van der Waals surface area contributed by atoms with Crippen LogP contribution in [-0.2, 0) is 14.8 Å². The van der Waals surface area contributed by atoms with E-state index in [1.54, 1.807) is 4.90 Å². The van der Waals surface area contributed by atoms with Crippen LogP contribution >= 0.6 is 23.2 Å². The quantitative estimate of drug-likeness (QED) is 0.770. The van der Waals surface area contributed by atoms with E-state index in [4.69, 9.17) is 27.9 Å². The number of amides is 1. The first-order valence-corrected chi connectivity index (χ1v) is 10.4. The summed E-state index contributed by atoms with van der Waals surface area (Å²) in [7, 11) is -2.34. The highest BCUT2D eigenvalue weighted by atomic mass is 35.5. The maximum Gasteiger partial charge on any atom is 0.244 e. The van der Waals surface area contributed by atoms with Crippen molar-refractivity contribution >= 4 is 39.1 Å². The minimum atomic E-state index is -3.78. The lowest BCUT2D eigenvalue weighted by molar-refractivity contribution is -0.139. The van der Waals surface area contributed by atoms with Crippen molar-refractivity contribution in [2.45, 2.75) is 24.2 Å². The number of nitrogens with zero attached hydrogens (tertiary/aromatic N) is 2. The predicted molar refractivity (Wildman–Crippen MR) is 95.7 cm³/mol. The monoisotopic (exact) mass is 406 g/mol. The van der Waals surface area contributed by atoms with Crippen LogP contribution in [0.2, 0.25) is 10.0 Å². The maximum atomic E-state index is 12.9. The van der Waals surface area contributed by atoms with Gasteiger partial charge in [0.15, 0.2) is 0 Å². The molecule has 0 bridgehead atoms. The number of sulfonamides is 1. The van der Waals surface area contributed by atoms with Crippen LogP contribution in [0.15, 0.2) is 17.0 Å². The number of ether oxygens (including phenoxy) is 1. The molecule has 0 atom stereocenters. The molecule has 1 aromatic carbocycles. The summed E-state index contributed by atoms with van der Waals surface area (Å²) in [5.74, 6) is 0.591. The van der Waals surface area contributed by atoms with Crippen molar-refractivity contribution in [1.82, 2.24) is 9.21 Å². The fourth-order valence-electron chi connectivity index (χ4n) is 3.07. The number of benzene rings is 1. The lowest BCUT2D eigenvalue weighted by Crippen LogP contribution is -2.52. The first-order chi connectivity index (χ1) is 11.8. The Balaban J connectivity index is 1.74. The topological polar surface area (TPSA) is 66.9 Å². The molecule has 6 nitrogen and oxygen atoms in total. The third kappa shape index (κ3) is 3.60. The molecule has 1 heterocycles. The van der Waals surface area contributed by atoms with E-state index in [0.717, 1.165) is 19.3 Å². The Hall–Kier alpha value is -1.02. The van der Waals surface area contributed by atoms with Gasteiger partial charge in [-0.15, -0.1) is 0 Å². The number of rotatable bonds is 4. The Bertz CT molecular complexity index is 773. The fraction of sp³-hybridized carbons (Fsp3) is 0.562. The molecular weight excluding hydrogens is 387 g/mol. The first kappa shape index (κ1) is 18.8. The van der Waals surface area contributed by atoms with Gasteiger partial charge in [0.1, 0.15) is 10.6 Å². The van der Waals surface area contributed by atoms with Gasteiger partial charge in [-0.2, -0.15) is 4.31 Å². The van der Waals surface area contributed by atoms with E-state index in [1.165, 1.54) is 23.5 Å². The molecule has 0 radical (unpaired) electrons. The predicted octanol–water partition coefficient (Wildman–Crippen LogP) is 2.64. The summed E-state index contributed by atoms with van der Waals surface area (Å²) in [6, 6.07) is 2.71. The lowest BCUT2D eigenvalue weighted by atomic mass is 9.84. The summed E-state index contributed by atoms with van der Waals surface area (Å²) in [6.45, 7) is 1.30. The van der Waals surface area contributed by atoms with E-state index in [-0.39, 0.29) is 39.9 Å². The molecule has 9 heteroatoms. The van der Waals surface area contributed by atoms with Crippen molar-refractivity contribution < 1.29 is 17.9 Å². The first-order valence-electron chi connectivity index (χ1n) is 8.16. The molecule has 0 unspecified atom stereocenters. The molecule has 1 aliphatic heterocycles. The Labute approximate surface area is 157 Å². The number of carbonyl (C=O) groups is 1. The molecule has 2 fully saturated rings. The van der Waals surface area contributed by atoms with Crippen molar-refractivity contribution in [3.05, 3.63) is 22.2 Å². The van der Waals surface area contributed by atoms with Crippen LogP contribution < -0.4 is 4.74 Å². The summed E-state index contributed by atoms with van der Waals surface area (Å²) in [5.41, 5.74) is 0. The molecule has 1 saturated heterocycles. The average molecular weight is 407 g/mol. The highest BCUT2D eigenvalue weighted by Gasteiger charge is 2.35. The van der Waals surface area contributed by atoms with Crippen LogP contribution in [0.3, 0.4) is 0 Å². The van der Waals surface area contributed by atoms with Gasteiger partial charge in [0.25, 0.3) is 0 Å². The zero-order valence-corrected chi connectivity index (χ0v) is 16.2. The van der Waals surface area contributed by atoms with E-state index in [0.29, 0.717) is 18.8 Å². The second-order valence-electron chi connectivity index (χ2n) is 6.27. The summed E-state index contributed by atoms with van der Waals surface area (Å²) in [6.07, 6.45) is 2.98. The summed E-state index contributed by atoms with van der Waals surface area (Å²) >= 11 is 12.2. The van der Waals surface area contributed by atoms with Crippen molar-refractivity contribution in [3.8, 4) is 5.75 Å². The molecule has 0 spiro atoms. The maximum absolute atomic E-state index is 12.9. The Morgan fingerprint density at radius 2 is 1.76 bits per heavy atom. The van der Waals surface area contributed by atoms with E-state index >= 15 is 0 Å². The van der Waals surface area contributed by atoms with E-state index in [2.05, 4.69) is 0 Å². The minimum Gasteiger partial charge on any atom is -0.495 e. The number of carbonyl (C=O) groups excluding carboxylic acids is 1. The normalized spacial score (nSPS) is 19.6. The minimum absolute atomic E-state index is 0.0428. The van der Waals surface area contributed by atoms with Gasteiger partial charge in [0, 0.05) is 38.2 Å². The van der Waals surface area contributed by atoms with E-state index in [9.17, 15) is 13.2 Å². The molecule has 0 aromatic heterocycles. The zero-order valence-electron chi connectivity index (χ0n) is 13.9. The number of hydrogen-bond acceptors (Lipinski definition) is 4. The van der Waals surface area contributed by atoms with Crippen molar-refractivity contribution in [2.75, 3.05) is 33.3 Å². The van der Waals surface area contributed by atoms with Crippen LogP contribution in [0, 0.1) is 5.92 Å². The summed E-state index contributed by atoms with van der Waals surface area (Å²) < 4.78 is 32.2. The van der Waals surface area contributed by atoms with Crippen LogP contribution in [-0.4, -0.2) is 56.8 Å². The summed E-state index contributed by atoms with van der Waals surface area (Å²) in [4.78, 5) is 14.0. The SMILES string of the molecule is COc1cc(Cl)c(S(=O)(=O)N2CCN(C(=O)C3CCC3)CC2)cc1Cl. The third-order valence-electron chi connectivity index (χ3n) is 4.83. The van der Waals surface area contributed by atoms with Gasteiger partial charge in [0.05, 0.1) is 17.2 Å². The number of piperazine rings is 1. The highest BCUT2D eigenvalue weighted by Crippen LogP contribution is 2.35. The van der Waals surface area contributed by atoms with Gasteiger partial charge in [-0.1, -0.05) is 29.6 Å². The van der Waals surface area contributed by atoms with Crippen molar-refractivity contribution in [2.24, 2.45) is 5.92 Å². The molecule has 138 valence electrons. The van der Waals surface area contributed by atoms with Crippen LogP contribution in [0.25, 0.3) is 0 Å². The molecule has 0 N–H and O–H groups in total. The van der Waals surface area contributed by atoms with E-state index < -0.39 is 10.0 Å². The lowest BCUT2D eigenvalue weighted by Gasteiger charge is -2.37. The third-order valence-corrected chi connectivity index (χ3v) is 7.49. The molecule has 1 saturated carbocycles. The molecule has 2 aliphatic rings. The molecule has 1 amide bonds. The van der Waals surface area contributed by atoms with Gasteiger partial charge in [-0.3, -0.25) is 4.79 Å². The Morgan fingerprint density at radius 1 is 1.12 bits per heavy atom. The zero-order chi connectivity index (χ0) is 18.2. The van der Waals surface area contributed by atoms with Crippen molar-refractivity contribution in [1.29, 1.82) is 0 Å². The number of hydrogen-bond donors (Lipinski definition) is 0. The average Bonchev–Trinajstić information content (AvgIpc) is 2.55. The fourth-order valence-corrected chi connectivity index (χ4v) is 5.31. The van der Waals surface area contributed by atoms with Gasteiger partial charge in [-0.25, -0.2) is 8.42 Å². The molecular formula is C16H20Cl2N2O4S. The second-order valence-corrected chi connectivity index (χ2v) is 9.00. The Morgan fingerprint density at radius 3 is 2.28 bits per heavy atom. The summed E-state index contributed by atoms with van der Waals surface area (Å²) in [5, 5.41) is 0.249. The standard InChI is InChI=1S/C16H20Cl2N2O4S/c1-24-14-9-13(18)15(10-12(14)17)25(22,23)20-7-5-19(6-8-20)16(21)11-3-2-4-11/h9-11H,2-8H2,1H3. The second kappa shape index (κ2) is 7.31. The van der Waals surface area contributed by atoms with Gasteiger partial charge < -0.3 is 9.64 Å². The number of methoxy groups -OCH3 is 1. The molecule has 25 heavy (non-hydrogen) atoms. The molecule has 1 aromatic rings. The van der Waals surface area contributed by atoms with Gasteiger partial charge in [-0.05, 0) is 18.9 Å². The molecule has 3 rings (SSSR count). The van der Waals surface area contributed by atoms with Crippen LogP contribution in [0.4, 0.5) is 0 Å². The Kier molecular flexibility index (Phi) is 5.48. The molecule has 1 aliphatic carbocycles. The van der Waals surface area contributed by atoms with Crippen LogP contribution in [0.5, 0.6) is 5.75 Å². The highest BCUT2D eigenvalue weighted by molar-refractivity contribution is 7.89. The van der Waals surface area contributed by atoms with Gasteiger partial charge >= 0.3 is 0 Å². The van der Waals surface area contributed by atoms with Crippen molar-refractivity contribution in [3.63, 3.8) is 0 Å². The van der Waals surface area contributed by atoms with Crippen LogP contribution in [0.1, 0.15) is 19.3 Å². The smallest absolute Gasteiger partial charge is 0.244 e. The number of halogens is 2. The van der Waals surface area contributed by atoms with E-state index in [1.807, 2.05) is 0 Å². The van der Waals surface area contributed by atoms with Gasteiger partial charge in [0.2, 0.25) is 15.9 Å².